The van der Waals surface area contributed by atoms with Crippen molar-refractivity contribution < 1.29 is 5.48 Å². The monoisotopic (exact) mass is 120 g/mol. The standard InChI is InChI=1S/C5H14N2.H2O/c1-7-5-3-2-4-6;/h7H,2-6H2,1H3;1H2. The normalized spacial score (nSPS) is 8.25. The van der Waals surface area contributed by atoms with Crippen LogP contribution in [0.1, 0.15) is 12.8 Å². The van der Waals surface area contributed by atoms with E-state index in [0.717, 1.165) is 19.5 Å². The predicted octanol–water partition coefficient (Wildman–Crippen LogP) is -0.880. The predicted molar refractivity (Wildman–Crippen MR) is 35.8 cm³/mol. The molecule has 0 atom stereocenters. The fourth-order valence-corrected chi connectivity index (χ4v) is 0.446. The number of rotatable bonds is 4. The third-order valence-corrected chi connectivity index (χ3v) is 0.881. The quantitative estimate of drug-likeness (QED) is 0.473. The molecular formula is C5H16N2O. The largest absolute Gasteiger partial charge is 0.412 e. The average molecular weight is 120 g/mol. The molecule has 0 rings (SSSR count). The Labute approximate surface area is 50.6 Å². The Morgan fingerprint density at radius 1 is 1.38 bits per heavy atom. The van der Waals surface area contributed by atoms with Gasteiger partial charge in [-0.1, -0.05) is 0 Å². The van der Waals surface area contributed by atoms with Crippen molar-refractivity contribution in [3.8, 4) is 0 Å². The van der Waals surface area contributed by atoms with Gasteiger partial charge in [-0.05, 0) is 33.0 Å². The number of nitrogens with two attached hydrogens (primary N) is 1. The summed E-state index contributed by atoms with van der Waals surface area (Å²) in [6.45, 7) is 1.92. The lowest BCUT2D eigenvalue weighted by molar-refractivity contribution is 0.684. The highest BCUT2D eigenvalue weighted by atomic mass is 16.0. The zero-order chi connectivity index (χ0) is 5.54. The summed E-state index contributed by atoms with van der Waals surface area (Å²) in [5.41, 5.74) is 5.24. The summed E-state index contributed by atoms with van der Waals surface area (Å²) in [5.74, 6) is 0. The molecule has 0 radical (unpaired) electrons. The highest BCUT2D eigenvalue weighted by Crippen LogP contribution is 1.79. The van der Waals surface area contributed by atoms with Crippen molar-refractivity contribution in [2.75, 3.05) is 20.1 Å². The van der Waals surface area contributed by atoms with Gasteiger partial charge in [-0.3, -0.25) is 0 Å². The van der Waals surface area contributed by atoms with Gasteiger partial charge in [0.25, 0.3) is 0 Å². The van der Waals surface area contributed by atoms with E-state index in [4.69, 9.17) is 5.73 Å². The highest BCUT2D eigenvalue weighted by molar-refractivity contribution is 4.41. The second kappa shape index (κ2) is 9.99. The average Bonchev–Trinajstić information content (AvgIpc) is 1.69. The van der Waals surface area contributed by atoms with Crippen molar-refractivity contribution in [1.29, 1.82) is 0 Å². The Kier molecular flexibility index (Phi) is 13.5. The van der Waals surface area contributed by atoms with Gasteiger partial charge in [0.1, 0.15) is 0 Å². The Hall–Kier alpha value is -0.120. The zero-order valence-corrected chi connectivity index (χ0v) is 5.41. The van der Waals surface area contributed by atoms with Gasteiger partial charge in [-0.15, -0.1) is 0 Å². The molecule has 8 heavy (non-hydrogen) atoms. The van der Waals surface area contributed by atoms with E-state index in [2.05, 4.69) is 5.32 Å². The molecule has 3 nitrogen and oxygen atoms in total. The number of hydrogen-bond acceptors (Lipinski definition) is 2. The lowest BCUT2D eigenvalue weighted by atomic mass is 10.3. The zero-order valence-electron chi connectivity index (χ0n) is 5.41. The van der Waals surface area contributed by atoms with Crippen LogP contribution in [0.25, 0.3) is 0 Å². The molecular weight excluding hydrogens is 104 g/mol. The molecule has 0 saturated heterocycles. The maximum absolute atomic E-state index is 5.24. The van der Waals surface area contributed by atoms with E-state index in [1.165, 1.54) is 6.42 Å². The molecule has 0 aromatic rings. The third-order valence-electron chi connectivity index (χ3n) is 0.881. The van der Waals surface area contributed by atoms with Gasteiger partial charge in [0.2, 0.25) is 0 Å². The van der Waals surface area contributed by atoms with Crippen molar-refractivity contribution in [3.63, 3.8) is 0 Å². The Morgan fingerprint density at radius 3 is 2.38 bits per heavy atom. The van der Waals surface area contributed by atoms with Crippen LogP contribution in [0.15, 0.2) is 0 Å². The first-order valence-corrected chi connectivity index (χ1v) is 2.76. The fourth-order valence-electron chi connectivity index (χ4n) is 0.446. The number of hydrogen-bond donors (Lipinski definition) is 2. The van der Waals surface area contributed by atoms with Crippen LogP contribution in [-0.2, 0) is 0 Å². The number of unbranched alkanes of at least 4 members (excludes halogenated alkanes) is 1. The Bertz CT molecular complexity index is 29.6. The van der Waals surface area contributed by atoms with Gasteiger partial charge in [0.15, 0.2) is 0 Å². The van der Waals surface area contributed by atoms with Crippen LogP contribution >= 0.6 is 0 Å². The molecule has 0 bridgehead atoms. The fraction of sp³-hybridized carbons (Fsp3) is 1.00. The van der Waals surface area contributed by atoms with E-state index in [1.54, 1.807) is 0 Å². The van der Waals surface area contributed by atoms with Crippen molar-refractivity contribution in [3.05, 3.63) is 0 Å². The van der Waals surface area contributed by atoms with Crippen molar-refractivity contribution in [1.82, 2.24) is 5.32 Å². The molecule has 0 spiro atoms. The minimum absolute atomic E-state index is 0. The van der Waals surface area contributed by atoms with Gasteiger partial charge < -0.3 is 16.5 Å². The molecule has 0 saturated carbocycles. The molecule has 0 heterocycles. The van der Waals surface area contributed by atoms with Crippen LogP contribution in [0, 0.1) is 0 Å². The lowest BCUT2D eigenvalue weighted by Gasteiger charge is -1.93. The van der Waals surface area contributed by atoms with Crippen LogP contribution in [0.2, 0.25) is 0 Å². The molecule has 0 amide bonds. The summed E-state index contributed by atoms with van der Waals surface area (Å²) in [6.07, 6.45) is 2.34. The smallest absolute Gasteiger partial charge is 0.00515 e. The first-order chi connectivity index (χ1) is 3.41. The van der Waals surface area contributed by atoms with Gasteiger partial charge >= 0.3 is 0 Å². The molecule has 3 heteroatoms. The van der Waals surface area contributed by atoms with Crippen LogP contribution in [0.5, 0.6) is 0 Å². The van der Waals surface area contributed by atoms with E-state index in [9.17, 15) is 0 Å². The Morgan fingerprint density at radius 2 is 2.00 bits per heavy atom. The van der Waals surface area contributed by atoms with Crippen molar-refractivity contribution >= 4 is 0 Å². The summed E-state index contributed by atoms with van der Waals surface area (Å²) in [7, 11) is 1.95. The molecule has 5 N–H and O–H groups in total. The molecule has 0 aromatic carbocycles. The van der Waals surface area contributed by atoms with Gasteiger partial charge in [0.05, 0.1) is 0 Å². The minimum atomic E-state index is 0. The van der Waals surface area contributed by atoms with Crippen LogP contribution in [0.3, 0.4) is 0 Å². The Balaban J connectivity index is 0. The summed E-state index contributed by atoms with van der Waals surface area (Å²) in [5, 5.41) is 3.05. The second-order valence-electron chi connectivity index (χ2n) is 1.60. The molecule has 0 fully saturated rings. The SMILES string of the molecule is CNCCCCN.O. The van der Waals surface area contributed by atoms with E-state index < -0.39 is 0 Å². The lowest BCUT2D eigenvalue weighted by Crippen LogP contribution is -2.09. The van der Waals surface area contributed by atoms with Gasteiger partial charge in [-0.25, -0.2) is 0 Å². The number of nitrogens with one attached hydrogen (secondary N) is 1. The van der Waals surface area contributed by atoms with Crippen LogP contribution in [0.4, 0.5) is 0 Å². The summed E-state index contributed by atoms with van der Waals surface area (Å²) in [4.78, 5) is 0. The van der Waals surface area contributed by atoms with E-state index in [-0.39, 0.29) is 5.48 Å². The van der Waals surface area contributed by atoms with Gasteiger partial charge in [0, 0.05) is 0 Å². The topological polar surface area (TPSA) is 69.5 Å². The molecule has 0 aromatic heterocycles. The van der Waals surface area contributed by atoms with Gasteiger partial charge in [-0.2, -0.15) is 0 Å². The van der Waals surface area contributed by atoms with E-state index >= 15 is 0 Å². The second-order valence-corrected chi connectivity index (χ2v) is 1.60. The van der Waals surface area contributed by atoms with E-state index in [1.807, 2.05) is 7.05 Å². The molecule has 0 aliphatic heterocycles. The minimum Gasteiger partial charge on any atom is -0.412 e. The van der Waals surface area contributed by atoms with Crippen molar-refractivity contribution in [2.24, 2.45) is 5.73 Å². The summed E-state index contributed by atoms with van der Waals surface area (Å²) in [6, 6.07) is 0. The first kappa shape index (κ1) is 10.8. The molecule has 0 aliphatic carbocycles. The molecule has 0 aliphatic rings. The van der Waals surface area contributed by atoms with Crippen LogP contribution in [-0.4, -0.2) is 25.6 Å². The third kappa shape index (κ3) is 9.30. The highest BCUT2D eigenvalue weighted by Gasteiger charge is 1.78. The first-order valence-electron chi connectivity index (χ1n) is 2.76. The van der Waals surface area contributed by atoms with E-state index in [0.29, 0.717) is 0 Å². The van der Waals surface area contributed by atoms with Crippen molar-refractivity contribution in [2.45, 2.75) is 12.8 Å². The van der Waals surface area contributed by atoms with Crippen LogP contribution < -0.4 is 11.1 Å². The summed E-state index contributed by atoms with van der Waals surface area (Å²) >= 11 is 0. The molecule has 52 valence electrons. The summed E-state index contributed by atoms with van der Waals surface area (Å²) < 4.78 is 0. The maximum Gasteiger partial charge on any atom is -0.00515 e. The molecule has 0 unspecified atom stereocenters. The maximum atomic E-state index is 5.24.